The summed E-state index contributed by atoms with van der Waals surface area (Å²) in [5.74, 6) is 0.489. The zero-order chi connectivity index (χ0) is 12.6. The second-order valence-corrected chi connectivity index (χ2v) is 5.04. The van der Waals surface area contributed by atoms with Crippen LogP contribution in [0.2, 0.25) is 0 Å². The maximum Gasteiger partial charge on any atom is 0.222 e. The maximum atomic E-state index is 11.1. The minimum Gasteiger partial charge on any atom is -0.396 e. The first-order valence-electron chi connectivity index (χ1n) is 5.89. The van der Waals surface area contributed by atoms with Crippen LogP contribution in [0.5, 0.6) is 0 Å². The van der Waals surface area contributed by atoms with E-state index < -0.39 is 0 Å². The number of nitrogens with one attached hydrogen (secondary N) is 1. The summed E-state index contributed by atoms with van der Waals surface area (Å²) in [5, 5.41) is 11.3. The van der Waals surface area contributed by atoms with E-state index in [-0.39, 0.29) is 24.5 Å². The van der Waals surface area contributed by atoms with Crippen LogP contribution in [0.15, 0.2) is 0 Å². The number of carbonyl (C=O) groups excluding carboxylic acids is 1. The monoisotopic (exact) mass is 231 g/mol. The third-order valence-corrected chi connectivity index (χ3v) is 2.24. The van der Waals surface area contributed by atoms with Crippen molar-refractivity contribution in [2.24, 2.45) is 5.92 Å². The Morgan fingerprint density at radius 3 is 2.56 bits per heavy atom. The fourth-order valence-electron chi connectivity index (χ4n) is 1.12. The standard InChI is InChI=1S/C12H25NO3/c1-10(2)6-8-16-12(3,4)9-13-11(15)5-7-14/h10,14H,5-9H2,1-4H3,(H,13,15). The van der Waals surface area contributed by atoms with Gasteiger partial charge in [-0.1, -0.05) is 13.8 Å². The Labute approximate surface area is 98.4 Å². The van der Waals surface area contributed by atoms with Gasteiger partial charge in [-0.2, -0.15) is 0 Å². The van der Waals surface area contributed by atoms with Gasteiger partial charge >= 0.3 is 0 Å². The Bertz CT molecular complexity index is 202. The number of ether oxygens (including phenoxy) is 1. The molecule has 0 rings (SSSR count). The lowest BCUT2D eigenvalue weighted by Gasteiger charge is -2.26. The molecule has 0 unspecified atom stereocenters. The molecule has 96 valence electrons. The van der Waals surface area contributed by atoms with Crippen molar-refractivity contribution in [1.82, 2.24) is 5.32 Å². The molecule has 4 nitrogen and oxygen atoms in total. The van der Waals surface area contributed by atoms with E-state index >= 15 is 0 Å². The van der Waals surface area contributed by atoms with Gasteiger partial charge in [-0.05, 0) is 26.2 Å². The Morgan fingerprint density at radius 2 is 2.06 bits per heavy atom. The Balaban J connectivity index is 3.73. The summed E-state index contributed by atoms with van der Waals surface area (Å²) in [6, 6.07) is 0. The third kappa shape index (κ3) is 8.68. The van der Waals surface area contributed by atoms with E-state index in [1.54, 1.807) is 0 Å². The molecule has 0 aliphatic carbocycles. The summed E-state index contributed by atoms with van der Waals surface area (Å²) < 4.78 is 5.69. The Hall–Kier alpha value is -0.610. The summed E-state index contributed by atoms with van der Waals surface area (Å²) >= 11 is 0. The number of amides is 1. The van der Waals surface area contributed by atoms with Crippen LogP contribution >= 0.6 is 0 Å². The molecular formula is C12H25NO3. The average molecular weight is 231 g/mol. The van der Waals surface area contributed by atoms with E-state index in [0.717, 1.165) is 6.42 Å². The Kier molecular flexibility index (Phi) is 7.34. The highest BCUT2D eigenvalue weighted by molar-refractivity contribution is 5.75. The van der Waals surface area contributed by atoms with Crippen LogP contribution in [-0.4, -0.2) is 36.4 Å². The molecule has 0 aliphatic heterocycles. The molecule has 0 heterocycles. The van der Waals surface area contributed by atoms with Crippen LogP contribution in [0.25, 0.3) is 0 Å². The molecule has 0 saturated carbocycles. The highest BCUT2D eigenvalue weighted by Gasteiger charge is 2.19. The third-order valence-electron chi connectivity index (χ3n) is 2.24. The largest absolute Gasteiger partial charge is 0.396 e. The van der Waals surface area contributed by atoms with Crippen molar-refractivity contribution in [3.8, 4) is 0 Å². The molecule has 0 spiro atoms. The highest BCUT2D eigenvalue weighted by Crippen LogP contribution is 2.10. The molecule has 1 amide bonds. The summed E-state index contributed by atoms with van der Waals surface area (Å²) in [4.78, 5) is 11.1. The average Bonchev–Trinajstić information content (AvgIpc) is 2.14. The van der Waals surface area contributed by atoms with Gasteiger partial charge in [0.25, 0.3) is 0 Å². The highest BCUT2D eigenvalue weighted by atomic mass is 16.5. The lowest BCUT2D eigenvalue weighted by Crippen LogP contribution is -2.41. The second kappa shape index (κ2) is 7.63. The van der Waals surface area contributed by atoms with E-state index in [2.05, 4.69) is 19.2 Å². The van der Waals surface area contributed by atoms with Crippen molar-refractivity contribution in [3.05, 3.63) is 0 Å². The van der Waals surface area contributed by atoms with Gasteiger partial charge in [0.05, 0.1) is 12.2 Å². The SMILES string of the molecule is CC(C)CCOC(C)(C)CNC(=O)CCO. The van der Waals surface area contributed by atoms with Crippen molar-refractivity contribution < 1.29 is 14.6 Å². The van der Waals surface area contributed by atoms with Crippen molar-refractivity contribution in [2.45, 2.75) is 46.1 Å². The predicted octanol–water partition coefficient (Wildman–Crippen LogP) is 1.33. The number of aliphatic hydroxyl groups is 1. The molecule has 0 aliphatic rings. The smallest absolute Gasteiger partial charge is 0.222 e. The number of hydrogen-bond acceptors (Lipinski definition) is 3. The van der Waals surface area contributed by atoms with Crippen LogP contribution < -0.4 is 5.32 Å². The number of carbonyl (C=O) groups is 1. The van der Waals surface area contributed by atoms with Crippen LogP contribution in [0, 0.1) is 5.92 Å². The molecule has 0 saturated heterocycles. The normalized spacial score (nSPS) is 11.9. The molecule has 16 heavy (non-hydrogen) atoms. The van der Waals surface area contributed by atoms with Gasteiger partial charge < -0.3 is 15.2 Å². The number of aliphatic hydroxyl groups excluding tert-OH is 1. The fraction of sp³-hybridized carbons (Fsp3) is 0.917. The van der Waals surface area contributed by atoms with E-state index in [4.69, 9.17) is 9.84 Å². The van der Waals surface area contributed by atoms with E-state index in [9.17, 15) is 4.79 Å². The topological polar surface area (TPSA) is 58.6 Å². The zero-order valence-corrected chi connectivity index (χ0v) is 10.9. The molecule has 0 radical (unpaired) electrons. The molecule has 0 fully saturated rings. The van der Waals surface area contributed by atoms with E-state index in [1.165, 1.54) is 0 Å². The van der Waals surface area contributed by atoms with Crippen molar-refractivity contribution >= 4 is 5.91 Å². The van der Waals surface area contributed by atoms with E-state index in [0.29, 0.717) is 19.1 Å². The lowest BCUT2D eigenvalue weighted by atomic mass is 10.1. The number of rotatable bonds is 8. The fourth-order valence-corrected chi connectivity index (χ4v) is 1.12. The second-order valence-electron chi connectivity index (χ2n) is 5.04. The summed E-state index contributed by atoms with van der Waals surface area (Å²) in [6.45, 7) is 9.28. The summed E-state index contributed by atoms with van der Waals surface area (Å²) in [7, 11) is 0. The van der Waals surface area contributed by atoms with Gasteiger partial charge in [-0.25, -0.2) is 0 Å². The van der Waals surface area contributed by atoms with Crippen molar-refractivity contribution in [2.75, 3.05) is 19.8 Å². The van der Waals surface area contributed by atoms with Gasteiger partial charge in [-0.15, -0.1) is 0 Å². The molecule has 0 aromatic heterocycles. The van der Waals surface area contributed by atoms with Gasteiger partial charge in [0.1, 0.15) is 0 Å². The first-order valence-corrected chi connectivity index (χ1v) is 5.89. The quantitative estimate of drug-likeness (QED) is 0.662. The van der Waals surface area contributed by atoms with Crippen LogP contribution in [0.4, 0.5) is 0 Å². The first kappa shape index (κ1) is 15.4. The Morgan fingerprint density at radius 1 is 1.44 bits per heavy atom. The van der Waals surface area contributed by atoms with Crippen LogP contribution in [-0.2, 0) is 9.53 Å². The molecule has 0 aromatic carbocycles. The van der Waals surface area contributed by atoms with Gasteiger partial charge in [0, 0.05) is 19.6 Å². The van der Waals surface area contributed by atoms with Crippen LogP contribution in [0.3, 0.4) is 0 Å². The molecule has 0 bridgehead atoms. The molecule has 0 aromatic rings. The molecular weight excluding hydrogens is 206 g/mol. The molecule has 0 atom stereocenters. The minimum absolute atomic E-state index is 0.111. The van der Waals surface area contributed by atoms with Gasteiger partial charge in [-0.3, -0.25) is 4.79 Å². The number of hydrogen-bond donors (Lipinski definition) is 2. The van der Waals surface area contributed by atoms with E-state index in [1.807, 2.05) is 13.8 Å². The first-order chi connectivity index (χ1) is 7.37. The zero-order valence-electron chi connectivity index (χ0n) is 10.9. The van der Waals surface area contributed by atoms with Gasteiger partial charge in [0.2, 0.25) is 5.91 Å². The maximum absolute atomic E-state index is 11.1. The van der Waals surface area contributed by atoms with Crippen LogP contribution in [0.1, 0.15) is 40.5 Å². The van der Waals surface area contributed by atoms with Gasteiger partial charge in [0.15, 0.2) is 0 Å². The lowest BCUT2D eigenvalue weighted by molar-refractivity contribution is -0.123. The molecule has 2 N–H and O–H groups in total. The van der Waals surface area contributed by atoms with Crippen molar-refractivity contribution in [1.29, 1.82) is 0 Å². The summed E-state index contributed by atoms with van der Waals surface area (Å²) in [6.07, 6.45) is 1.18. The van der Waals surface area contributed by atoms with Crippen molar-refractivity contribution in [3.63, 3.8) is 0 Å². The summed E-state index contributed by atoms with van der Waals surface area (Å²) in [5.41, 5.74) is -0.347. The minimum atomic E-state index is -0.347. The predicted molar refractivity (Wildman–Crippen MR) is 64.2 cm³/mol. The molecule has 4 heteroatoms.